The van der Waals surface area contributed by atoms with Crippen molar-refractivity contribution >= 4 is 26.8 Å². The zero-order valence-corrected chi connectivity index (χ0v) is 11.4. The Labute approximate surface area is 110 Å². The molecule has 3 N–H and O–H groups in total. The molecule has 0 aliphatic rings. The van der Waals surface area contributed by atoms with Crippen LogP contribution in [0.25, 0.3) is 10.9 Å². The summed E-state index contributed by atoms with van der Waals surface area (Å²) in [5.41, 5.74) is 4.81. The summed E-state index contributed by atoms with van der Waals surface area (Å²) in [6.07, 6.45) is 2.04. The lowest BCUT2D eigenvalue weighted by Gasteiger charge is -2.16. The number of aromatic nitrogens is 1. The van der Waals surface area contributed by atoms with E-state index in [1.165, 1.54) is 0 Å². The molecule has 1 unspecified atom stereocenters. The molecule has 90 valence electrons. The van der Waals surface area contributed by atoms with Gasteiger partial charge >= 0.3 is 0 Å². The molecular formula is C13H16BrN3. The fraction of sp³-hybridized carbons (Fsp3) is 0.308. The van der Waals surface area contributed by atoms with Gasteiger partial charge in [0.05, 0.1) is 17.3 Å². The Morgan fingerprint density at radius 1 is 1.41 bits per heavy atom. The Morgan fingerprint density at radius 2 is 2.18 bits per heavy atom. The highest BCUT2D eigenvalue weighted by molar-refractivity contribution is 9.10. The average molecular weight is 294 g/mol. The zero-order valence-electron chi connectivity index (χ0n) is 9.78. The van der Waals surface area contributed by atoms with E-state index in [1.54, 1.807) is 0 Å². The third-order valence-corrected chi connectivity index (χ3v) is 3.45. The number of hydrogen-bond acceptors (Lipinski definition) is 3. The number of pyridine rings is 1. The first-order valence-corrected chi connectivity index (χ1v) is 6.57. The lowest BCUT2D eigenvalue weighted by Crippen LogP contribution is -2.28. The van der Waals surface area contributed by atoms with Crippen molar-refractivity contribution in [1.29, 1.82) is 0 Å². The van der Waals surface area contributed by atoms with Crippen molar-refractivity contribution in [2.45, 2.75) is 25.8 Å². The molecule has 0 saturated carbocycles. The van der Waals surface area contributed by atoms with Crippen LogP contribution in [0.5, 0.6) is 0 Å². The maximum Gasteiger partial charge on any atom is 0.0736 e. The van der Waals surface area contributed by atoms with Crippen molar-refractivity contribution < 1.29 is 0 Å². The van der Waals surface area contributed by atoms with Gasteiger partial charge in [-0.3, -0.25) is 11.3 Å². The van der Waals surface area contributed by atoms with Crippen LogP contribution in [0.1, 0.15) is 31.5 Å². The van der Waals surface area contributed by atoms with Crippen LogP contribution in [-0.4, -0.2) is 4.98 Å². The SMILES string of the molecule is CCCC(NN)c1nc2ccccc2cc1Br. The first-order chi connectivity index (χ1) is 8.26. The van der Waals surface area contributed by atoms with Gasteiger partial charge in [-0.2, -0.15) is 0 Å². The Balaban J connectivity index is 2.49. The van der Waals surface area contributed by atoms with E-state index in [0.29, 0.717) is 0 Å². The minimum absolute atomic E-state index is 0.0963. The summed E-state index contributed by atoms with van der Waals surface area (Å²) in [7, 11) is 0. The molecule has 0 aliphatic heterocycles. The fourth-order valence-corrected chi connectivity index (χ4v) is 2.55. The molecule has 0 aliphatic carbocycles. The molecule has 2 rings (SSSR count). The van der Waals surface area contributed by atoms with Crippen LogP contribution in [-0.2, 0) is 0 Å². The summed E-state index contributed by atoms with van der Waals surface area (Å²) >= 11 is 3.57. The van der Waals surface area contributed by atoms with Gasteiger partial charge in [0, 0.05) is 9.86 Å². The topological polar surface area (TPSA) is 50.9 Å². The number of hydrazine groups is 1. The molecule has 1 atom stereocenters. The number of rotatable bonds is 4. The molecule has 4 heteroatoms. The van der Waals surface area contributed by atoms with Crippen molar-refractivity contribution in [2.24, 2.45) is 5.84 Å². The number of halogens is 1. The first-order valence-electron chi connectivity index (χ1n) is 5.77. The second kappa shape index (κ2) is 5.58. The Kier molecular flexibility index (Phi) is 4.10. The van der Waals surface area contributed by atoms with Crippen LogP contribution < -0.4 is 11.3 Å². The molecule has 2 aromatic rings. The van der Waals surface area contributed by atoms with Crippen LogP contribution in [0, 0.1) is 0 Å². The maximum absolute atomic E-state index is 5.59. The lowest BCUT2D eigenvalue weighted by atomic mass is 10.1. The third-order valence-electron chi connectivity index (χ3n) is 2.81. The molecule has 1 aromatic heterocycles. The third kappa shape index (κ3) is 2.65. The standard InChI is InChI=1S/C13H16BrN3/c1-2-5-12(17-15)13-10(14)8-9-6-3-4-7-11(9)16-13/h3-4,6-8,12,17H,2,5,15H2,1H3. The molecule has 0 amide bonds. The molecular weight excluding hydrogens is 278 g/mol. The van der Waals surface area contributed by atoms with E-state index in [0.717, 1.165) is 33.9 Å². The number of benzene rings is 1. The van der Waals surface area contributed by atoms with Crippen molar-refractivity contribution in [3.05, 3.63) is 40.5 Å². The number of hydrogen-bond donors (Lipinski definition) is 2. The highest BCUT2D eigenvalue weighted by atomic mass is 79.9. The summed E-state index contributed by atoms with van der Waals surface area (Å²) < 4.78 is 1.01. The smallest absolute Gasteiger partial charge is 0.0736 e. The van der Waals surface area contributed by atoms with E-state index in [-0.39, 0.29) is 6.04 Å². The molecule has 0 fully saturated rings. The summed E-state index contributed by atoms with van der Waals surface area (Å²) in [5, 5.41) is 1.13. The van der Waals surface area contributed by atoms with Gasteiger partial charge in [-0.05, 0) is 34.5 Å². The van der Waals surface area contributed by atoms with Crippen molar-refractivity contribution in [3.8, 4) is 0 Å². The molecule has 3 nitrogen and oxygen atoms in total. The van der Waals surface area contributed by atoms with Gasteiger partial charge in [0.25, 0.3) is 0 Å². The predicted molar refractivity (Wildman–Crippen MR) is 74.4 cm³/mol. The van der Waals surface area contributed by atoms with Crippen LogP contribution >= 0.6 is 15.9 Å². The predicted octanol–water partition coefficient (Wildman–Crippen LogP) is 3.30. The van der Waals surface area contributed by atoms with Gasteiger partial charge in [-0.15, -0.1) is 0 Å². The van der Waals surface area contributed by atoms with Crippen LogP contribution in [0.4, 0.5) is 0 Å². The van der Waals surface area contributed by atoms with Crippen molar-refractivity contribution in [2.75, 3.05) is 0 Å². The monoisotopic (exact) mass is 293 g/mol. The molecule has 0 saturated heterocycles. The molecule has 0 spiro atoms. The van der Waals surface area contributed by atoms with E-state index >= 15 is 0 Å². The van der Waals surface area contributed by atoms with Crippen LogP contribution in [0.2, 0.25) is 0 Å². The van der Waals surface area contributed by atoms with E-state index in [1.807, 2.05) is 18.2 Å². The zero-order chi connectivity index (χ0) is 12.3. The van der Waals surface area contributed by atoms with Gasteiger partial charge < -0.3 is 0 Å². The second-order valence-electron chi connectivity index (χ2n) is 4.06. The molecule has 17 heavy (non-hydrogen) atoms. The number of nitrogens with one attached hydrogen (secondary N) is 1. The van der Waals surface area contributed by atoms with Gasteiger partial charge in [0.1, 0.15) is 0 Å². The van der Waals surface area contributed by atoms with E-state index in [4.69, 9.17) is 5.84 Å². The van der Waals surface area contributed by atoms with E-state index in [2.05, 4.69) is 45.4 Å². The van der Waals surface area contributed by atoms with Crippen LogP contribution in [0.15, 0.2) is 34.8 Å². The number of fused-ring (bicyclic) bond motifs is 1. The highest BCUT2D eigenvalue weighted by Gasteiger charge is 2.14. The first kappa shape index (κ1) is 12.5. The summed E-state index contributed by atoms with van der Waals surface area (Å²) in [4.78, 5) is 4.68. The van der Waals surface area contributed by atoms with Gasteiger partial charge in [-0.25, -0.2) is 4.98 Å². The quantitative estimate of drug-likeness (QED) is 0.672. The number of nitrogens with two attached hydrogens (primary N) is 1. The van der Waals surface area contributed by atoms with E-state index in [9.17, 15) is 0 Å². The van der Waals surface area contributed by atoms with Crippen molar-refractivity contribution in [3.63, 3.8) is 0 Å². The lowest BCUT2D eigenvalue weighted by molar-refractivity contribution is 0.498. The minimum atomic E-state index is 0.0963. The van der Waals surface area contributed by atoms with Gasteiger partial charge in [0.15, 0.2) is 0 Å². The summed E-state index contributed by atoms with van der Waals surface area (Å²) in [6, 6.07) is 10.3. The molecule has 1 heterocycles. The average Bonchev–Trinajstić information content (AvgIpc) is 2.35. The second-order valence-corrected chi connectivity index (χ2v) is 4.91. The Morgan fingerprint density at radius 3 is 2.88 bits per heavy atom. The Hall–Kier alpha value is -0.970. The fourth-order valence-electron chi connectivity index (χ4n) is 1.94. The Bertz CT molecular complexity index is 513. The molecule has 0 bridgehead atoms. The van der Waals surface area contributed by atoms with Gasteiger partial charge in [-0.1, -0.05) is 31.5 Å². The summed E-state index contributed by atoms with van der Waals surface area (Å²) in [6.45, 7) is 2.14. The number of nitrogens with zero attached hydrogens (tertiary/aromatic N) is 1. The highest BCUT2D eigenvalue weighted by Crippen LogP contribution is 2.27. The molecule has 1 aromatic carbocycles. The van der Waals surface area contributed by atoms with Gasteiger partial charge in [0.2, 0.25) is 0 Å². The normalized spacial score (nSPS) is 12.9. The van der Waals surface area contributed by atoms with Crippen molar-refractivity contribution in [1.82, 2.24) is 10.4 Å². The number of para-hydroxylation sites is 1. The molecule has 0 radical (unpaired) electrons. The summed E-state index contributed by atoms with van der Waals surface area (Å²) in [5.74, 6) is 5.59. The minimum Gasteiger partial charge on any atom is -0.271 e. The largest absolute Gasteiger partial charge is 0.271 e. The van der Waals surface area contributed by atoms with Crippen LogP contribution in [0.3, 0.4) is 0 Å². The van der Waals surface area contributed by atoms with E-state index < -0.39 is 0 Å². The maximum atomic E-state index is 5.59.